The second kappa shape index (κ2) is 11.4. The first-order valence-electron chi connectivity index (χ1n) is 17.4. The van der Waals surface area contributed by atoms with Crippen LogP contribution in [0.5, 0.6) is 0 Å². The minimum Gasteiger partial charge on any atom is -0.309 e. The summed E-state index contributed by atoms with van der Waals surface area (Å²) in [7, 11) is 0. The Morgan fingerprint density at radius 1 is 0.490 bits per heavy atom. The van der Waals surface area contributed by atoms with Crippen LogP contribution in [-0.2, 0) is 0 Å². The topological polar surface area (TPSA) is 22.8 Å². The Morgan fingerprint density at radius 3 is 1.65 bits per heavy atom. The molecule has 0 fully saturated rings. The van der Waals surface area contributed by atoms with Crippen molar-refractivity contribution in [2.24, 2.45) is 0 Å². The lowest BCUT2D eigenvalue weighted by Crippen LogP contribution is -1.98. The van der Waals surface area contributed by atoms with E-state index in [-0.39, 0.29) is 0 Å². The van der Waals surface area contributed by atoms with Crippen molar-refractivity contribution in [1.29, 1.82) is 0 Å². The van der Waals surface area contributed by atoms with Crippen molar-refractivity contribution < 1.29 is 0 Å². The van der Waals surface area contributed by atoms with E-state index in [1.54, 1.807) is 0 Å². The Morgan fingerprint density at radius 2 is 1.00 bits per heavy atom. The molecule has 3 heteroatoms. The first-order valence-corrected chi connectivity index (χ1v) is 17.4. The van der Waals surface area contributed by atoms with Gasteiger partial charge in [0.2, 0.25) is 0 Å². The largest absolute Gasteiger partial charge is 0.309 e. The number of hydrogen-bond donors (Lipinski definition) is 0. The minimum absolute atomic E-state index is 0.952. The Kier molecular flexibility index (Phi) is 6.55. The molecule has 0 atom stereocenters. The summed E-state index contributed by atoms with van der Waals surface area (Å²) < 4.78 is 4.76. The second-order valence-electron chi connectivity index (χ2n) is 13.2. The number of allylic oxidation sites excluding steroid dienone is 1. The van der Waals surface area contributed by atoms with E-state index in [1.807, 2.05) is 6.08 Å². The number of nitrogens with zero attached hydrogens (tertiary/aromatic N) is 3. The van der Waals surface area contributed by atoms with Gasteiger partial charge in [0.05, 0.1) is 33.5 Å². The zero-order chi connectivity index (χ0) is 34.1. The predicted octanol–water partition coefficient (Wildman–Crippen LogP) is 12.8. The molecule has 0 bridgehead atoms. The average molecular weight is 652 g/mol. The summed E-state index contributed by atoms with van der Waals surface area (Å²) in [5.74, 6) is 0. The van der Waals surface area contributed by atoms with Crippen LogP contribution in [0, 0.1) is 0 Å². The lowest BCUT2D eigenvalue weighted by molar-refractivity contribution is 1.10. The summed E-state index contributed by atoms with van der Waals surface area (Å²) in [6, 6.07) is 56.3. The van der Waals surface area contributed by atoms with E-state index in [2.05, 4.69) is 186 Å². The molecule has 0 unspecified atom stereocenters. The van der Waals surface area contributed by atoms with Gasteiger partial charge in [-0.05, 0) is 83.3 Å². The molecule has 10 rings (SSSR count). The number of pyridine rings is 1. The lowest BCUT2D eigenvalue weighted by Gasteiger charge is -2.12. The van der Waals surface area contributed by atoms with Gasteiger partial charge in [0.1, 0.15) is 0 Å². The maximum Gasteiger partial charge on any atom is 0.0794 e. The highest BCUT2D eigenvalue weighted by atomic mass is 15.0. The number of aromatic nitrogens is 3. The monoisotopic (exact) mass is 651 g/mol. The van der Waals surface area contributed by atoms with Crippen LogP contribution < -0.4 is 0 Å². The molecule has 240 valence electrons. The summed E-state index contributed by atoms with van der Waals surface area (Å²) in [5, 5.41) is 9.69. The number of hydrogen-bond acceptors (Lipinski definition) is 1. The minimum atomic E-state index is 0.952. The third kappa shape index (κ3) is 4.35. The second-order valence-corrected chi connectivity index (χ2v) is 13.2. The van der Waals surface area contributed by atoms with Gasteiger partial charge in [-0.1, -0.05) is 122 Å². The highest BCUT2D eigenvalue weighted by Gasteiger charge is 2.22. The smallest absolute Gasteiger partial charge is 0.0794 e. The number of benzene rings is 7. The van der Waals surface area contributed by atoms with Crippen LogP contribution in [0.3, 0.4) is 0 Å². The first-order chi connectivity index (χ1) is 25.2. The molecule has 3 heterocycles. The number of fused-ring (bicyclic) bond motifs is 11. The van der Waals surface area contributed by atoms with Crippen molar-refractivity contribution in [3.63, 3.8) is 0 Å². The van der Waals surface area contributed by atoms with Crippen molar-refractivity contribution >= 4 is 82.9 Å². The molecule has 3 nitrogen and oxygen atoms in total. The van der Waals surface area contributed by atoms with E-state index < -0.39 is 0 Å². The van der Waals surface area contributed by atoms with Gasteiger partial charge in [-0.25, -0.2) is 4.98 Å². The molecule has 0 spiro atoms. The van der Waals surface area contributed by atoms with Crippen molar-refractivity contribution in [3.05, 3.63) is 181 Å². The van der Waals surface area contributed by atoms with E-state index in [0.717, 1.165) is 44.9 Å². The van der Waals surface area contributed by atoms with Crippen LogP contribution in [0.2, 0.25) is 0 Å². The molecule has 0 amide bonds. The van der Waals surface area contributed by atoms with Crippen molar-refractivity contribution in [2.75, 3.05) is 0 Å². The fraction of sp³-hybridized carbons (Fsp3) is 0.0208. The molecule has 0 aliphatic carbocycles. The van der Waals surface area contributed by atoms with E-state index in [4.69, 9.17) is 4.98 Å². The molecule has 51 heavy (non-hydrogen) atoms. The number of rotatable bonds is 5. The van der Waals surface area contributed by atoms with E-state index >= 15 is 0 Å². The standard InChI is InChI=1S/C48H33N3/c1-3-34-45(30-31(2)41-27-26-39-37-22-11-10-20-35(37)36-21-12-13-23-38(36)48(39)49-41)51(33-18-8-5-9-19-33)43-28-29-44-47(46(34)43)40-24-14-15-25-42(40)50(44)32-16-6-4-7-17-32/h3-30H,1H2,2H3/b31-30+. The van der Waals surface area contributed by atoms with Crippen LogP contribution in [0.4, 0.5) is 0 Å². The fourth-order valence-electron chi connectivity index (χ4n) is 8.20. The Bertz CT molecular complexity index is 3000. The summed E-state index contributed by atoms with van der Waals surface area (Å²) in [6.45, 7) is 6.59. The Balaban J connectivity index is 1.28. The van der Waals surface area contributed by atoms with Crippen LogP contribution in [-0.4, -0.2) is 14.1 Å². The molecule has 0 saturated heterocycles. The SMILES string of the molecule is C=Cc1c(/C=C(\C)c2ccc3c4ccccc4c4ccccc4c3n2)n(-c2ccccc2)c2ccc3c(c4ccccc4n3-c3ccccc3)c12. The zero-order valence-electron chi connectivity index (χ0n) is 28.2. The molecule has 10 aromatic rings. The molecule has 3 aromatic heterocycles. The number of para-hydroxylation sites is 3. The maximum absolute atomic E-state index is 5.38. The molecule has 0 N–H and O–H groups in total. The van der Waals surface area contributed by atoms with Crippen molar-refractivity contribution in [3.8, 4) is 11.4 Å². The van der Waals surface area contributed by atoms with Crippen molar-refractivity contribution in [2.45, 2.75) is 6.92 Å². The molecular formula is C48H33N3. The third-order valence-corrected chi connectivity index (χ3v) is 10.4. The van der Waals surface area contributed by atoms with Crippen molar-refractivity contribution in [1.82, 2.24) is 14.1 Å². The van der Waals surface area contributed by atoms with Gasteiger partial charge < -0.3 is 9.13 Å². The molecular weight excluding hydrogens is 619 g/mol. The predicted molar refractivity (Wildman–Crippen MR) is 218 cm³/mol. The first kappa shape index (κ1) is 29.2. The van der Waals surface area contributed by atoms with Gasteiger partial charge in [-0.15, -0.1) is 0 Å². The average Bonchev–Trinajstić information content (AvgIpc) is 3.70. The molecule has 7 aromatic carbocycles. The Labute approximate surface area is 295 Å². The van der Waals surface area contributed by atoms with E-state index in [1.165, 1.54) is 54.1 Å². The fourth-order valence-corrected chi connectivity index (χ4v) is 8.20. The van der Waals surface area contributed by atoms with Gasteiger partial charge in [0.15, 0.2) is 0 Å². The highest BCUT2D eigenvalue weighted by Crippen LogP contribution is 2.43. The molecule has 0 radical (unpaired) electrons. The quantitative estimate of drug-likeness (QED) is 0.170. The normalized spacial score (nSPS) is 12.2. The zero-order valence-corrected chi connectivity index (χ0v) is 28.2. The van der Waals surface area contributed by atoms with Crippen LogP contribution in [0.1, 0.15) is 23.9 Å². The molecule has 0 aliphatic heterocycles. The summed E-state index contributed by atoms with van der Waals surface area (Å²) in [4.78, 5) is 5.38. The highest BCUT2D eigenvalue weighted by molar-refractivity contribution is 6.25. The van der Waals surface area contributed by atoms with Gasteiger partial charge in [-0.3, -0.25) is 0 Å². The lowest BCUT2D eigenvalue weighted by atomic mass is 9.96. The van der Waals surface area contributed by atoms with E-state index in [9.17, 15) is 0 Å². The summed E-state index contributed by atoms with van der Waals surface area (Å²) in [5.41, 5.74) is 11.0. The maximum atomic E-state index is 5.38. The van der Waals surface area contributed by atoms with Gasteiger partial charge in [0.25, 0.3) is 0 Å². The van der Waals surface area contributed by atoms with Gasteiger partial charge in [0, 0.05) is 43.9 Å². The van der Waals surface area contributed by atoms with Gasteiger partial charge >= 0.3 is 0 Å². The summed E-state index contributed by atoms with van der Waals surface area (Å²) in [6.07, 6.45) is 4.33. The Hall–Kier alpha value is -6.71. The summed E-state index contributed by atoms with van der Waals surface area (Å²) >= 11 is 0. The van der Waals surface area contributed by atoms with Crippen LogP contribution in [0.25, 0.3) is 94.3 Å². The molecule has 0 aliphatic rings. The van der Waals surface area contributed by atoms with E-state index in [0.29, 0.717) is 0 Å². The van der Waals surface area contributed by atoms with Crippen LogP contribution in [0.15, 0.2) is 164 Å². The molecule has 0 saturated carbocycles. The van der Waals surface area contributed by atoms with Crippen LogP contribution >= 0.6 is 0 Å². The third-order valence-electron chi connectivity index (χ3n) is 10.4. The van der Waals surface area contributed by atoms with Gasteiger partial charge in [-0.2, -0.15) is 0 Å².